The highest BCUT2D eigenvalue weighted by atomic mass is 35.5. The highest BCUT2D eigenvalue weighted by Gasteiger charge is 2.36. The molecule has 36 heavy (non-hydrogen) atoms. The molecular formula is C25H17Cl3N2O6. The van der Waals surface area contributed by atoms with Crippen LogP contribution in [0.2, 0.25) is 15.1 Å². The summed E-state index contributed by atoms with van der Waals surface area (Å²) in [6, 6.07) is 12.5. The molecule has 11 heteroatoms. The number of rotatable bonds is 6. The Morgan fingerprint density at radius 3 is 2.36 bits per heavy atom. The second-order valence-electron chi connectivity index (χ2n) is 7.53. The summed E-state index contributed by atoms with van der Waals surface area (Å²) in [5.74, 6) is -1.28. The van der Waals surface area contributed by atoms with Gasteiger partial charge in [-0.1, -0.05) is 40.9 Å². The zero-order chi connectivity index (χ0) is 26.0. The van der Waals surface area contributed by atoms with Crippen LogP contribution in [0.3, 0.4) is 0 Å². The molecule has 4 amide bonds. The van der Waals surface area contributed by atoms with E-state index in [1.54, 1.807) is 18.2 Å². The van der Waals surface area contributed by atoms with Crippen LogP contribution in [0, 0.1) is 0 Å². The largest absolute Gasteiger partial charge is 0.508 e. The van der Waals surface area contributed by atoms with E-state index >= 15 is 0 Å². The predicted octanol–water partition coefficient (Wildman–Crippen LogP) is 5.61. The van der Waals surface area contributed by atoms with Gasteiger partial charge < -0.3 is 14.6 Å². The minimum atomic E-state index is -0.909. The normalized spacial score (nSPS) is 14.7. The van der Waals surface area contributed by atoms with Gasteiger partial charge in [-0.2, -0.15) is 0 Å². The van der Waals surface area contributed by atoms with Crippen LogP contribution in [0.15, 0.2) is 60.2 Å². The first-order valence-electron chi connectivity index (χ1n) is 10.3. The van der Waals surface area contributed by atoms with E-state index in [4.69, 9.17) is 44.3 Å². The predicted molar refractivity (Wildman–Crippen MR) is 136 cm³/mol. The molecule has 0 atom stereocenters. The number of carbonyl (C=O) groups excluding carboxylic acids is 3. The Hall–Kier alpha value is -3.72. The number of carbonyl (C=O) groups is 3. The van der Waals surface area contributed by atoms with Crippen molar-refractivity contribution >= 4 is 64.4 Å². The smallest absolute Gasteiger partial charge is 0.335 e. The van der Waals surface area contributed by atoms with Crippen LogP contribution in [0.4, 0.5) is 10.5 Å². The molecule has 0 aliphatic carbocycles. The number of nitrogens with zero attached hydrogens (tertiary/aromatic N) is 1. The first kappa shape index (κ1) is 25.4. The molecule has 1 saturated heterocycles. The lowest BCUT2D eigenvalue weighted by molar-refractivity contribution is -0.122. The summed E-state index contributed by atoms with van der Waals surface area (Å²) in [5, 5.41) is 12.7. The number of urea groups is 1. The Bertz CT molecular complexity index is 1410. The molecule has 3 aromatic rings. The van der Waals surface area contributed by atoms with E-state index in [2.05, 4.69) is 5.32 Å². The van der Waals surface area contributed by atoms with Gasteiger partial charge in [0.05, 0.1) is 17.8 Å². The lowest BCUT2D eigenvalue weighted by Gasteiger charge is -2.26. The number of ether oxygens (including phenoxy) is 2. The zero-order valence-corrected chi connectivity index (χ0v) is 20.8. The third-order valence-corrected chi connectivity index (χ3v) is 6.03. The molecule has 4 rings (SSSR count). The molecule has 2 N–H and O–H groups in total. The number of methoxy groups -OCH3 is 1. The summed E-state index contributed by atoms with van der Waals surface area (Å²) in [7, 11) is 1.41. The number of phenols is 1. The molecule has 0 radical (unpaired) electrons. The van der Waals surface area contributed by atoms with Gasteiger partial charge in [-0.15, -0.1) is 0 Å². The van der Waals surface area contributed by atoms with Crippen molar-refractivity contribution in [3.8, 4) is 17.2 Å². The highest BCUT2D eigenvalue weighted by Crippen LogP contribution is 2.38. The first-order valence-corrected chi connectivity index (χ1v) is 11.5. The topological polar surface area (TPSA) is 105 Å². The summed E-state index contributed by atoms with van der Waals surface area (Å²) in [4.78, 5) is 38.7. The van der Waals surface area contributed by atoms with Crippen molar-refractivity contribution in [1.82, 2.24) is 5.32 Å². The van der Waals surface area contributed by atoms with Gasteiger partial charge in [0.2, 0.25) is 0 Å². The molecule has 8 nitrogen and oxygen atoms in total. The lowest BCUT2D eigenvalue weighted by Crippen LogP contribution is -2.54. The van der Waals surface area contributed by atoms with Crippen molar-refractivity contribution in [3.63, 3.8) is 0 Å². The summed E-state index contributed by atoms with van der Waals surface area (Å²) < 4.78 is 11.2. The zero-order valence-electron chi connectivity index (χ0n) is 18.6. The molecule has 1 aliphatic rings. The number of halogens is 3. The number of benzene rings is 3. The van der Waals surface area contributed by atoms with Gasteiger partial charge in [-0.05, 0) is 60.2 Å². The minimum Gasteiger partial charge on any atom is -0.508 e. The van der Waals surface area contributed by atoms with E-state index < -0.39 is 17.8 Å². The van der Waals surface area contributed by atoms with E-state index in [0.717, 1.165) is 4.90 Å². The highest BCUT2D eigenvalue weighted by molar-refractivity contribution is 6.39. The first-order chi connectivity index (χ1) is 17.2. The average Bonchev–Trinajstić information content (AvgIpc) is 2.83. The van der Waals surface area contributed by atoms with E-state index in [1.807, 2.05) is 0 Å². The summed E-state index contributed by atoms with van der Waals surface area (Å²) >= 11 is 18.6. The van der Waals surface area contributed by atoms with Gasteiger partial charge in [-0.3, -0.25) is 14.9 Å². The van der Waals surface area contributed by atoms with Crippen LogP contribution >= 0.6 is 34.8 Å². The molecule has 1 heterocycles. The number of aromatic hydroxyl groups is 1. The Morgan fingerprint density at radius 2 is 1.69 bits per heavy atom. The Morgan fingerprint density at radius 1 is 0.972 bits per heavy atom. The van der Waals surface area contributed by atoms with Crippen molar-refractivity contribution in [1.29, 1.82) is 0 Å². The summed E-state index contributed by atoms with van der Waals surface area (Å²) in [6.45, 7) is 0.0805. The lowest BCUT2D eigenvalue weighted by atomic mass is 10.1. The molecule has 0 bridgehead atoms. The molecule has 0 aromatic heterocycles. The Balaban J connectivity index is 1.64. The fourth-order valence-electron chi connectivity index (χ4n) is 3.41. The van der Waals surface area contributed by atoms with Crippen LogP contribution in [-0.2, 0) is 16.2 Å². The van der Waals surface area contributed by atoms with E-state index in [0.29, 0.717) is 21.2 Å². The number of phenolic OH excluding ortho intramolecular Hbond substituents is 1. The molecule has 184 valence electrons. The number of barbiturate groups is 1. The van der Waals surface area contributed by atoms with Crippen molar-refractivity contribution < 1.29 is 29.0 Å². The van der Waals surface area contributed by atoms with Crippen LogP contribution in [0.5, 0.6) is 17.2 Å². The monoisotopic (exact) mass is 546 g/mol. The maximum atomic E-state index is 13.1. The van der Waals surface area contributed by atoms with Crippen molar-refractivity contribution in [3.05, 3.63) is 86.4 Å². The Labute approximate surface area is 220 Å². The van der Waals surface area contributed by atoms with Crippen molar-refractivity contribution in [2.45, 2.75) is 6.61 Å². The second-order valence-corrected chi connectivity index (χ2v) is 8.78. The number of imide groups is 2. The van der Waals surface area contributed by atoms with Gasteiger partial charge in [0, 0.05) is 15.6 Å². The quantitative estimate of drug-likeness (QED) is 0.307. The van der Waals surface area contributed by atoms with Gasteiger partial charge in [0.1, 0.15) is 17.9 Å². The number of hydrogen-bond acceptors (Lipinski definition) is 6. The number of hydrogen-bond donors (Lipinski definition) is 2. The van der Waals surface area contributed by atoms with Gasteiger partial charge in [-0.25, -0.2) is 9.69 Å². The average molecular weight is 548 g/mol. The number of nitrogens with one attached hydrogen (secondary N) is 1. The standard InChI is InChI=1S/C25H17Cl3N2O6/c1-35-21-10-13(9-20(28)22(21)36-12-14-2-3-15(26)11-19(14)27)8-18-23(32)29-25(34)30(24(18)33)16-4-6-17(31)7-5-16/h2-11,31H,12H2,1H3,(H,29,32,34)/b18-8+. The molecule has 1 aliphatic heterocycles. The molecule has 0 unspecified atom stereocenters. The van der Waals surface area contributed by atoms with E-state index in [9.17, 15) is 19.5 Å². The van der Waals surface area contributed by atoms with Crippen LogP contribution in [-0.4, -0.2) is 30.1 Å². The van der Waals surface area contributed by atoms with Crippen LogP contribution in [0.1, 0.15) is 11.1 Å². The molecule has 0 spiro atoms. The van der Waals surface area contributed by atoms with Crippen LogP contribution < -0.4 is 19.7 Å². The van der Waals surface area contributed by atoms with Crippen LogP contribution in [0.25, 0.3) is 6.08 Å². The maximum Gasteiger partial charge on any atom is 0.335 e. The molecule has 0 saturated carbocycles. The summed E-state index contributed by atoms with van der Waals surface area (Å²) in [5.41, 5.74) is 0.900. The molecular weight excluding hydrogens is 531 g/mol. The van der Waals surface area contributed by atoms with Gasteiger partial charge in [0.25, 0.3) is 11.8 Å². The minimum absolute atomic E-state index is 0.0437. The van der Waals surface area contributed by atoms with Crippen molar-refractivity contribution in [2.75, 3.05) is 12.0 Å². The maximum absolute atomic E-state index is 13.1. The number of anilines is 1. The third kappa shape index (κ3) is 5.26. The van der Waals surface area contributed by atoms with Crippen molar-refractivity contribution in [2.24, 2.45) is 0 Å². The fraction of sp³-hybridized carbons (Fsp3) is 0.0800. The molecule has 1 fully saturated rings. The fourth-order valence-corrected chi connectivity index (χ4v) is 4.15. The Kier molecular flexibility index (Phi) is 7.40. The summed E-state index contributed by atoms with van der Waals surface area (Å²) in [6.07, 6.45) is 1.28. The number of amides is 4. The van der Waals surface area contributed by atoms with Gasteiger partial charge >= 0.3 is 6.03 Å². The SMILES string of the molecule is COc1cc(/C=C2\C(=O)NC(=O)N(c3ccc(O)cc3)C2=O)cc(Cl)c1OCc1ccc(Cl)cc1Cl. The van der Waals surface area contributed by atoms with E-state index in [-0.39, 0.29) is 40.1 Å². The van der Waals surface area contributed by atoms with E-state index in [1.165, 1.54) is 49.6 Å². The van der Waals surface area contributed by atoms with Gasteiger partial charge in [0.15, 0.2) is 11.5 Å². The molecule has 3 aromatic carbocycles. The second kappa shape index (κ2) is 10.5. The third-order valence-electron chi connectivity index (χ3n) is 5.16.